The third-order valence-corrected chi connectivity index (χ3v) is 3.52. The number of amides is 1. The zero-order valence-corrected chi connectivity index (χ0v) is 11.3. The van der Waals surface area contributed by atoms with Crippen LogP contribution in [0.2, 0.25) is 0 Å². The Labute approximate surface area is 113 Å². The van der Waals surface area contributed by atoms with Crippen LogP contribution < -0.4 is 10.6 Å². The van der Waals surface area contributed by atoms with Crippen LogP contribution in [-0.2, 0) is 11.3 Å². The molecule has 2 rings (SSSR count). The molecule has 2 atom stereocenters. The number of aliphatic hydroxyl groups excluding tert-OH is 1. The van der Waals surface area contributed by atoms with Gasteiger partial charge in [0.1, 0.15) is 5.82 Å². The Morgan fingerprint density at radius 1 is 1.68 bits per heavy atom. The third-order valence-electron chi connectivity index (χ3n) is 3.52. The van der Waals surface area contributed by atoms with Gasteiger partial charge in [0.05, 0.1) is 12.1 Å². The van der Waals surface area contributed by atoms with Crippen molar-refractivity contribution in [1.29, 1.82) is 0 Å². The first-order valence-corrected chi connectivity index (χ1v) is 6.82. The van der Waals surface area contributed by atoms with E-state index in [-0.39, 0.29) is 11.9 Å². The van der Waals surface area contributed by atoms with E-state index >= 15 is 0 Å². The van der Waals surface area contributed by atoms with Crippen LogP contribution in [0.1, 0.15) is 25.1 Å². The molecule has 0 aromatic carbocycles. The molecule has 1 amide bonds. The van der Waals surface area contributed by atoms with Gasteiger partial charge in [-0.15, -0.1) is 0 Å². The lowest BCUT2D eigenvalue weighted by atomic mass is 10.0. The maximum absolute atomic E-state index is 11.8. The van der Waals surface area contributed by atoms with Gasteiger partial charge in [0.25, 0.3) is 0 Å². The number of aromatic nitrogens is 2. The standard InChI is InChI=1S/C13H22N4O2/c1-10-15-6-8-17(10)7-2-3-13(19)16-11-4-5-14-9-12(11)18/h6,8,11-12,14,18H,2-5,7,9H2,1H3,(H,16,19)/t11-,12-/m1/s1. The van der Waals surface area contributed by atoms with E-state index in [1.807, 2.05) is 17.7 Å². The number of hydrogen-bond acceptors (Lipinski definition) is 4. The number of carbonyl (C=O) groups is 1. The summed E-state index contributed by atoms with van der Waals surface area (Å²) in [5, 5.41) is 15.7. The highest BCUT2D eigenvalue weighted by Crippen LogP contribution is 2.05. The molecule has 1 aliphatic heterocycles. The molecule has 1 aromatic rings. The Morgan fingerprint density at radius 2 is 2.53 bits per heavy atom. The Bertz CT molecular complexity index is 419. The average Bonchev–Trinajstić information content (AvgIpc) is 2.78. The molecule has 1 fully saturated rings. The van der Waals surface area contributed by atoms with Gasteiger partial charge in [0.2, 0.25) is 5.91 Å². The van der Waals surface area contributed by atoms with Crippen molar-refractivity contribution in [3.05, 3.63) is 18.2 Å². The van der Waals surface area contributed by atoms with Gasteiger partial charge in [-0.1, -0.05) is 0 Å². The molecule has 6 heteroatoms. The first kappa shape index (κ1) is 14.0. The third kappa shape index (κ3) is 4.04. The smallest absolute Gasteiger partial charge is 0.220 e. The molecule has 3 N–H and O–H groups in total. The minimum atomic E-state index is -0.478. The number of piperidine rings is 1. The number of β-amino-alcohol motifs (C(OH)–C–C–N with tert-alkyl or cyclic N) is 1. The summed E-state index contributed by atoms with van der Waals surface area (Å²) in [6.45, 7) is 4.15. The lowest BCUT2D eigenvalue weighted by Crippen LogP contribution is -2.52. The van der Waals surface area contributed by atoms with Gasteiger partial charge in [0.15, 0.2) is 0 Å². The highest BCUT2D eigenvalue weighted by molar-refractivity contribution is 5.76. The molecule has 1 aliphatic rings. The largest absolute Gasteiger partial charge is 0.390 e. The van der Waals surface area contributed by atoms with Crippen LogP contribution in [0.4, 0.5) is 0 Å². The molecule has 0 unspecified atom stereocenters. The quantitative estimate of drug-likeness (QED) is 0.690. The summed E-state index contributed by atoms with van der Waals surface area (Å²) in [5.74, 6) is 0.984. The van der Waals surface area contributed by atoms with Gasteiger partial charge in [-0.05, 0) is 26.3 Å². The molecule has 1 aromatic heterocycles. The fourth-order valence-electron chi connectivity index (χ4n) is 2.34. The summed E-state index contributed by atoms with van der Waals surface area (Å²) >= 11 is 0. The highest BCUT2D eigenvalue weighted by Gasteiger charge is 2.23. The minimum absolute atomic E-state index is 0.0173. The predicted octanol–water partition coefficient (Wildman–Crippen LogP) is -0.189. The van der Waals surface area contributed by atoms with E-state index in [1.165, 1.54) is 0 Å². The second-order valence-electron chi connectivity index (χ2n) is 5.01. The Morgan fingerprint density at radius 3 is 3.21 bits per heavy atom. The molecular formula is C13H22N4O2. The van der Waals surface area contributed by atoms with Crippen molar-refractivity contribution in [3.8, 4) is 0 Å². The molecule has 0 saturated carbocycles. The molecule has 0 spiro atoms. The second-order valence-corrected chi connectivity index (χ2v) is 5.01. The summed E-state index contributed by atoms with van der Waals surface area (Å²) in [4.78, 5) is 15.9. The molecule has 0 bridgehead atoms. The monoisotopic (exact) mass is 266 g/mol. The number of aryl methyl sites for hydroxylation is 2. The molecular weight excluding hydrogens is 244 g/mol. The topological polar surface area (TPSA) is 79.2 Å². The normalized spacial score (nSPS) is 23.3. The summed E-state index contributed by atoms with van der Waals surface area (Å²) in [6.07, 6.45) is 5.25. The van der Waals surface area contributed by atoms with E-state index in [0.29, 0.717) is 13.0 Å². The van der Waals surface area contributed by atoms with E-state index < -0.39 is 6.10 Å². The maximum Gasteiger partial charge on any atom is 0.220 e. The van der Waals surface area contributed by atoms with Gasteiger partial charge in [0, 0.05) is 31.9 Å². The lowest BCUT2D eigenvalue weighted by molar-refractivity contribution is -0.123. The van der Waals surface area contributed by atoms with Gasteiger partial charge < -0.3 is 20.3 Å². The number of carbonyl (C=O) groups excluding carboxylic acids is 1. The Hall–Kier alpha value is -1.40. The second kappa shape index (κ2) is 6.68. The maximum atomic E-state index is 11.8. The number of nitrogens with zero attached hydrogens (tertiary/aromatic N) is 2. The lowest BCUT2D eigenvalue weighted by Gasteiger charge is -2.29. The van der Waals surface area contributed by atoms with Crippen molar-refractivity contribution in [2.45, 2.75) is 44.9 Å². The van der Waals surface area contributed by atoms with E-state index in [2.05, 4.69) is 15.6 Å². The van der Waals surface area contributed by atoms with Gasteiger partial charge in [-0.25, -0.2) is 4.98 Å². The van der Waals surface area contributed by atoms with Crippen molar-refractivity contribution >= 4 is 5.91 Å². The van der Waals surface area contributed by atoms with Crippen molar-refractivity contribution in [3.63, 3.8) is 0 Å². The van der Waals surface area contributed by atoms with Crippen LogP contribution in [0.25, 0.3) is 0 Å². The van der Waals surface area contributed by atoms with E-state index in [0.717, 1.165) is 31.8 Å². The van der Waals surface area contributed by atoms with Crippen LogP contribution in [-0.4, -0.2) is 45.8 Å². The fourth-order valence-corrected chi connectivity index (χ4v) is 2.34. The Kier molecular flexibility index (Phi) is 4.93. The zero-order chi connectivity index (χ0) is 13.7. The van der Waals surface area contributed by atoms with E-state index in [1.54, 1.807) is 6.20 Å². The number of nitrogens with one attached hydrogen (secondary N) is 2. The molecule has 0 radical (unpaired) electrons. The molecule has 6 nitrogen and oxygen atoms in total. The van der Waals surface area contributed by atoms with Crippen LogP contribution in [0.5, 0.6) is 0 Å². The fraction of sp³-hybridized carbons (Fsp3) is 0.692. The summed E-state index contributed by atoms with van der Waals surface area (Å²) in [7, 11) is 0. The first-order chi connectivity index (χ1) is 9.16. The van der Waals surface area contributed by atoms with Gasteiger partial charge in [-0.3, -0.25) is 4.79 Å². The van der Waals surface area contributed by atoms with Crippen molar-refractivity contribution < 1.29 is 9.90 Å². The average molecular weight is 266 g/mol. The van der Waals surface area contributed by atoms with Gasteiger partial charge >= 0.3 is 0 Å². The number of rotatable bonds is 5. The first-order valence-electron chi connectivity index (χ1n) is 6.82. The van der Waals surface area contributed by atoms with Crippen molar-refractivity contribution in [1.82, 2.24) is 20.2 Å². The Balaban J connectivity index is 1.68. The number of aliphatic hydroxyl groups is 1. The zero-order valence-electron chi connectivity index (χ0n) is 11.3. The predicted molar refractivity (Wildman–Crippen MR) is 71.6 cm³/mol. The van der Waals surface area contributed by atoms with E-state index in [4.69, 9.17) is 0 Å². The van der Waals surface area contributed by atoms with Crippen molar-refractivity contribution in [2.75, 3.05) is 13.1 Å². The summed E-state index contributed by atoms with van der Waals surface area (Å²) < 4.78 is 2.03. The van der Waals surface area contributed by atoms with Crippen LogP contribution in [0.15, 0.2) is 12.4 Å². The minimum Gasteiger partial charge on any atom is -0.390 e. The molecule has 1 saturated heterocycles. The molecule has 2 heterocycles. The van der Waals surface area contributed by atoms with Crippen LogP contribution in [0, 0.1) is 6.92 Å². The van der Waals surface area contributed by atoms with E-state index in [9.17, 15) is 9.90 Å². The summed E-state index contributed by atoms with van der Waals surface area (Å²) in [5.41, 5.74) is 0. The number of hydrogen-bond donors (Lipinski definition) is 3. The highest BCUT2D eigenvalue weighted by atomic mass is 16.3. The van der Waals surface area contributed by atoms with Gasteiger partial charge in [-0.2, -0.15) is 0 Å². The van der Waals surface area contributed by atoms with Crippen LogP contribution in [0.3, 0.4) is 0 Å². The molecule has 0 aliphatic carbocycles. The summed E-state index contributed by atoms with van der Waals surface area (Å²) in [6, 6.07) is -0.108. The van der Waals surface area contributed by atoms with Crippen molar-refractivity contribution in [2.24, 2.45) is 0 Å². The molecule has 19 heavy (non-hydrogen) atoms. The SMILES string of the molecule is Cc1nccn1CCCC(=O)N[C@@H]1CCNC[C@H]1O. The number of imidazole rings is 1. The van der Waals surface area contributed by atoms with Crippen LogP contribution >= 0.6 is 0 Å². The molecule has 106 valence electrons.